The van der Waals surface area contributed by atoms with Gasteiger partial charge in [-0.2, -0.15) is 0 Å². The first-order chi connectivity index (χ1) is 8.22. The van der Waals surface area contributed by atoms with E-state index in [1.807, 2.05) is 24.3 Å². The molecule has 0 amide bonds. The maximum absolute atomic E-state index is 6.26. The lowest BCUT2D eigenvalue weighted by Crippen LogP contribution is -2.12. The molecule has 2 nitrogen and oxygen atoms in total. The summed E-state index contributed by atoms with van der Waals surface area (Å²) in [4.78, 5) is 0. The number of hydrogen-bond acceptors (Lipinski definition) is 2. The Morgan fingerprint density at radius 2 is 1.65 bits per heavy atom. The molecule has 2 rings (SSSR count). The summed E-state index contributed by atoms with van der Waals surface area (Å²) in [5, 5.41) is 0. The zero-order valence-corrected chi connectivity index (χ0v) is 10.2. The molecule has 0 aromatic heterocycles. The molecule has 1 atom stereocenters. The molecule has 2 N–H and O–H groups in total. The van der Waals surface area contributed by atoms with E-state index < -0.39 is 0 Å². The molecule has 17 heavy (non-hydrogen) atoms. The van der Waals surface area contributed by atoms with Gasteiger partial charge in [-0.1, -0.05) is 48.0 Å². The molecule has 2 heteroatoms. The van der Waals surface area contributed by atoms with E-state index in [0.717, 1.165) is 16.9 Å². The summed E-state index contributed by atoms with van der Waals surface area (Å²) in [5.41, 5.74) is 9.61. The van der Waals surface area contributed by atoms with Gasteiger partial charge in [-0.15, -0.1) is 0 Å². The standard InChI is InChI=1S/C15H17NO/c1-11-7-9-12(10-8-11)15(16)13-5-3-4-6-14(13)17-2/h3-10,15H,16H2,1-2H3. The summed E-state index contributed by atoms with van der Waals surface area (Å²) < 4.78 is 5.33. The molecule has 0 saturated heterocycles. The van der Waals surface area contributed by atoms with E-state index >= 15 is 0 Å². The summed E-state index contributed by atoms with van der Waals surface area (Å²) >= 11 is 0. The van der Waals surface area contributed by atoms with E-state index in [1.165, 1.54) is 5.56 Å². The Bertz CT molecular complexity index is 491. The summed E-state index contributed by atoms with van der Waals surface area (Å²) in [7, 11) is 1.67. The third-order valence-electron chi connectivity index (χ3n) is 2.91. The molecule has 0 aliphatic carbocycles. The van der Waals surface area contributed by atoms with Crippen molar-refractivity contribution in [3.8, 4) is 5.75 Å². The number of para-hydroxylation sites is 1. The fourth-order valence-corrected chi connectivity index (χ4v) is 1.88. The number of methoxy groups -OCH3 is 1. The van der Waals surface area contributed by atoms with Gasteiger partial charge in [-0.05, 0) is 18.6 Å². The van der Waals surface area contributed by atoms with Gasteiger partial charge in [-0.3, -0.25) is 0 Å². The van der Waals surface area contributed by atoms with Crippen LogP contribution in [0.25, 0.3) is 0 Å². The van der Waals surface area contributed by atoms with Crippen molar-refractivity contribution < 1.29 is 4.74 Å². The Hall–Kier alpha value is -1.80. The number of rotatable bonds is 3. The Kier molecular flexibility index (Phi) is 3.45. The Morgan fingerprint density at radius 3 is 2.29 bits per heavy atom. The maximum atomic E-state index is 6.26. The second-order valence-corrected chi connectivity index (χ2v) is 4.13. The Morgan fingerprint density at radius 1 is 1.00 bits per heavy atom. The van der Waals surface area contributed by atoms with Crippen molar-refractivity contribution in [3.05, 3.63) is 65.2 Å². The Balaban J connectivity index is 2.36. The minimum Gasteiger partial charge on any atom is -0.496 e. The van der Waals surface area contributed by atoms with E-state index in [2.05, 4.69) is 31.2 Å². The van der Waals surface area contributed by atoms with Crippen LogP contribution in [0.5, 0.6) is 5.75 Å². The molecular formula is C15H17NO. The smallest absolute Gasteiger partial charge is 0.123 e. The van der Waals surface area contributed by atoms with Crippen LogP contribution < -0.4 is 10.5 Å². The lowest BCUT2D eigenvalue weighted by molar-refractivity contribution is 0.408. The minimum absolute atomic E-state index is 0.147. The first kappa shape index (κ1) is 11.7. The van der Waals surface area contributed by atoms with E-state index in [9.17, 15) is 0 Å². The fourth-order valence-electron chi connectivity index (χ4n) is 1.88. The summed E-state index contributed by atoms with van der Waals surface area (Å²) in [6.07, 6.45) is 0. The monoisotopic (exact) mass is 227 g/mol. The van der Waals surface area contributed by atoms with Crippen molar-refractivity contribution in [1.29, 1.82) is 0 Å². The van der Waals surface area contributed by atoms with Crippen molar-refractivity contribution in [2.24, 2.45) is 5.73 Å². The SMILES string of the molecule is COc1ccccc1C(N)c1ccc(C)cc1. The lowest BCUT2D eigenvalue weighted by atomic mass is 9.98. The molecule has 0 aliphatic heterocycles. The van der Waals surface area contributed by atoms with Crippen molar-refractivity contribution in [2.45, 2.75) is 13.0 Å². The van der Waals surface area contributed by atoms with E-state index in [1.54, 1.807) is 7.11 Å². The molecule has 88 valence electrons. The third-order valence-corrected chi connectivity index (χ3v) is 2.91. The molecule has 0 spiro atoms. The largest absolute Gasteiger partial charge is 0.496 e. The van der Waals surface area contributed by atoms with E-state index in [-0.39, 0.29) is 6.04 Å². The van der Waals surface area contributed by atoms with Gasteiger partial charge in [-0.25, -0.2) is 0 Å². The van der Waals surface area contributed by atoms with Crippen LogP contribution in [0.1, 0.15) is 22.7 Å². The highest BCUT2D eigenvalue weighted by molar-refractivity contribution is 5.41. The fraction of sp³-hybridized carbons (Fsp3) is 0.200. The number of benzene rings is 2. The van der Waals surface area contributed by atoms with Gasteiger partial charge in [0.1, 0.15) is 5.75 Å². The number of hydrogen-bond donors (Lipinski definition) is 1. The van der Waals surface area contributed by atoms with Gasteiger partial charge in [0.05, 0.1) is 13.2 Å². The van der Waals surface area contributed by atoms with Crippen molar-refractivity contribution in [1.82, 2.24) is 0 Å². The van der Waals surface area contributed by atoms with Crippen molar-refractivity contribution in [3.63, 3.8) is 0 Å². The predicted molar refractivity (Wildman–Crippen MR) is 70.2 cm³/mol. The van der Waals surface area contributed by atoms with Crippen LogP contribution in [-0.2, 0) is 0 Å². The zero-order valence-electron chi connectivity index (χ0n) is 10.2. The van der Waals surface area contributed by atoms with Crippen LogP contribution in [0.4, 0.5) is 0 Å². The van der Waals surface area contributed by atoms with Gasteiger partial charge in [0.15, 0.2) is 0 Å². The molecule has 0 bridgehead atoms. The number of ether oxygens (including phenoxy) is 1. The number of nitrogens with two attached hydrogens (primary N) is 1. The molecular weight excluding hydrogens is 210 g/mol. The highest BCUT2D eigenvalue weighted by atomic mass is 16.5. The maximum Gasteiger partial charge on any atom is 0.123 e. The van der Waals surface area contributed by atoms with Gasteiger partial charge < -0.3 is 10.5 Å². The average Bonchev–Trinajstić information content (AvgIpc) is 2.39. The molecule has 0 fully saturated rings. The average molecular weight is 227 g/mol. The minimum atomic E-state index is -0.147. The first-order valence-corrected chi connectivity index (χ1v) is 5.67. The highest BCUT2D eigenvalue weighted by Gasteiger charge is 2.12. The van der Waals surface area contributed by atoms with Crippen LogP contribution in [0.15, 0.2) is 48.5 Å². The van der Waals surface area contributed by atoms with Crippen LogP contribution in [0.3, 0.4) is 0 Å². The molecule has 2 aromatic carbocycles. The van der Waals surface area contributed by atoms with Gasteiger partial charge in [0.25, 0.3) is 0 Å². The third kappa shape index (κ3) is 2.48. The quantitative estimate of drug-likeness (QED) is 0.874. The Labute approximate surface area is 102 Å². The van der Waals surface area contributed by atoms with E-state index in [0.29, 0.717) is 0 Å². The zero-order chi connectivity index (χ0) is 12.3. The normalized spacial score (nSPS) is 12.2. The van der Waals surface area contributed by atoms with E-state index in [4.69, 9.17) is 10.5 Å². The topological polar surface area (TPSA) is 35.2 Å². The summed E-state index contributed by atoms with van der Waals surface area (Å²) in [6, 6.07) is 16.0. The van der Waals surface area contributed by atoms with Gasteiger partial charge in [0, 0.05) is 5.56 Å². The molecule has 1 unspecified atom stereocenters. The van der Waals surface area contributed by atoms with Crippen LogP contribution in [0.2, 0.25) is 0 Å². The summed E-state index contributed by atoms with van der Waals surface area (Å²) in [5.74, 6) is 0.834. The van der Waals surface area contributed by atoms with Gasteiger partial charge in [0.2, 0.25) is 0 Å². The van der Waals surface area contributed by atoms with Crippen molar-refractivity contribution in [2.75, 3.05) is 7.11 Å². The van der Waals surface area contributed by atoms with Gasteiger partial charge >= 0.3 is 0 Å². The van der Waals surface area contributed by atoms with Crippen LogP contribution >= 0.6 is 0 Å². The van der Waals surface area contributed by atoms with Crippen molar-refractivity contribution >= 4 is 0 Å². The number of aryl methyl sites for hydroxylation is 1. The molecule has 0 aliphatic rings. The second-order valence-electron chi connectivity index (χ2n) is 4.13. The van der Waals surface area contributed by atoms with Crippen LogP contribution in [-0.4, -0.2) is 7.11 Å². The first-order valence-electron chi connectivity index (χ1n) is 5.67. The second kappa shape index (κ2) is 5.02. The molecule has 0 saturated carbocycles. The van der Waals surface area contributed by atoms with Crippen LogP contribution in [0, 0.1) is 6.92 Å². The highest BCUT2D eigenvalue weighted by Crippen LogP contribution is 2.27. The molecule has 2 aromatic rings. The molecule has 0 heterocycles. The molecule has 0 radical (unpaired) electrons. The summed E-state index contributed by atoms with van der Waals surface area (Å²) in [6.45, 7) is 2.07. The lowest BCUT2D eigenvalue weighted by Gasteiger charge is -2.16. The predicted octanol–water partition coefficient (Wildman–Crippen LogP) is 3.05.